The van der Waals surface area contributed by atoms with Crippen LogP contribution in [0.25, 0.3) is 11.5 Å². The maximum absolute atomic E-state index is 5.18. The highest BCUT2D eigenvalue weighted by Crippen LogP contribution is 2.21. The van der Waals surface area contributed by atoms with Crippen molar-refractivity contribution in [1.82, 2.24) is 25.7 Å². The van der Waals surface area contributed by atoms with E-state index < -0.39 is 0 Å². The number of rotatable bonds is 4. The Balaban J connectivity index is 1.74. The van der Waals surface area contributed by atoms with Crippen molar-refractivity contribution >= 4 is 0 Å². The molecule has 6 heteroatoms. The average Bonchev–Trinajstić information content (AvgIpc) is 2.82. The van der Waals surface area contributed by atoms with Gasteiger partial charge in [-0.3, -0.25) is 5.10 Å². The molecule has 1 aliphatic carbocycles. The monoisotopic (exact) mass is 219 g/mol. The van der Waals surface area contributed by atoms with Crippen molar-refractivity contribution in [1.29, 1.82) is 0 Å². The number of nitrogens with one attached hydrogen (secondary N) is 2. The Hall–Kier alpha value is -1.69. The molecule has 1 aliphatic rings. The van der Waals surface area contributed by atoms with Gasteiger partial charge in [0, 0.05) is 11.7 Å². The van der Waals surface area contributed by atoms with Crippen LogP contribution in [-0.2, 0) is 6.54 Å². The molecule has 0 amide bonds. The maximum atomic E-state index is 5.18. The molecule has 0 aromatic carbocycles. The predicted octanol–water partition coefficient (Wildman–Crippen LogP) is 1.02. The van der Waals surface area contributed by atoms with E-state index in [0.29, 0.717) is 24.3 Å². The lowest BCUT2D eigenvalue weighted by Crippen LogP contribution is -2.16. The van der Waals surface area contributed by atoms with E-state index in [9.17, 15) is 0 Å². The molecule has 16 heavy (non-hydrogen) atoms. The number of nitrogens with zero attached hydrogens (tertiary/aromatic N) is 3. The zero-order valence-corrected chi connectivity index (χ0v) is 9.03. The third kappa shape index (κ3) is 1.83. The molecule has 2 heterocycles. The predicted molar refractivity (Wildman–Crippen MR) is 56.5 cm³/mol. The molecule has 1 fully saturated rings. The van der Waals surface area contributed by atoms with Crippen molar-refractivity contribution in [3.63, 3.8) is 0 Å². The Labute approximate surface area is 92.4 Å². The minimum Gasteiger partial charge on any atom is -0.334 e. The quantitative estimate of drug-likeness (QED) is 0.802. The number of hydrogen-bond acceptors (Lipinski definition) is 5. The van der Waals surface area contributed by atoms with Gasteiger partial charge >= 0.3 is 0 Å². The lowest BCUT2D eigenvalue weighted by atomic mass is 10.3. The van der Waals surface area contributed by atoms with Gasteiger partial charge in [-0.05, 0) is 19.8 Å². The van der Waals surface area contributed by atoms with E-state index in [0.717, 1.165) is 11.3 Å². The van der Waals surface area contributed by atoms with Crippen LogP contribution in [-0.4, -0.2) is 26.4 Å². The first-order valence-corrected chi connectivity index (χ1v) is 5.39. The van der Waals surface area contributed by atoms with Crippen LogP contribution in [0.2, 0.25) is 0 Å². The molecule has 0 saturated heterocycles. The van der Waals surface area contributed by atoms with E-state index in [4.69, 9.17) is 4.52 Å². The van der Waals surface area contributed by atoms with Crippen molar-refractivity contribution in [3.05, 3.63) is 17.7 Å². The minimum absolute atomic E-state index is 0.527. The van der Waals surface area contributed by atoms with Crippen LogP contribution in [0, 0.1) is 6.92 Å². The molecule has 2 N–H and O–H groups in total. The fraction of sp³-hybridized carbons (Fsp3) is 0.500. The van der Waals surface area contributed by atoms with Crippen molar-refractivity contribution < 1.29 is 4.52 Å². The van der Waals surface area contributed by atoms with Crippen molar-refractivity contribution in [3.8, 4) is 11.5 Å². The molecule has 6 nitrogen and oxygen atoms in total. The summed E-state index contributed by atoms with van der Waals surface area (Å²) in [4.78, 5) is 4.31. The Morgan fingerprint density at radius 1 is 1.56 bits per heavy atom. The Morgan fingerprint density at radius 3 is 3.12 bits per heavy atom. The first kappa shape index (κ1) is 9.53. The van der Waals surface area contributed by atoms with E-state index in [1.807, 2.05) is 6.92 Å². The summed E-state index contributed by atoms with van der Waals surface area (Å²) in [6.07, 6.45) is 4.21. The third-order valence-corrected chi connectivity index (χ3v) is 2.65. The molecule has 2 aromatic heterocycles. The first-order chi connectivity index (χ1) is 7.83. The average molecular weight is 219 g/mol. The van der Waals surface area contributed by atoms with Gasteiger partial charge in [0.1, 0.15) is 0 Å². The molecule has 0 atom stereocenters. The lowest BCUT2D eigenvalue weighted by Gasteiger charge is -1.94. The molecule has 0 aliphatic heterocycles. The SMILES string of the molecule is Cc1[nH]ncc1-c1nc(CNC2CC2)no1. The number of aromatic nitrogens is 4. The second-order valence-electron chi connectivity index (χ2n) is 4.08. The first-order valence-electron chi connectivity index (χ1n) is 5.39. The number of H-pyrrole nitrogens is 1. The van der Waals surface area contributed by atoms with Crippen LogP contribution < -0.4 is 5.32 Å². The molecule has 1 saturated carbocycles. The fourth-order valence-corrected chi connectivity index (χ4v) is 1.52. The van der Waals surface area contributed by atoms with E-state index in [2.05, 4.69) is 25.7 Å². The summed E-state index contributed by atoms with van der Waals surface area (Å²) < 4.78 is 5.18. The van der Waals surface area contributed by atoms with Gasteiger partial charge in [0.2, 0.25) is 0 Å². The van der Waals surface area contributed by atoms with Crippen LogP contribution in [0.15, 0.2) is 10.7 Å². The molecule has 0 radical (unpaired) electrons. The highest BCUT2D eigenvalue weighted by Gasteiger charge is 2.21. The lowest BCUT2D eigenvalue weighted by molar-refractivity contribution is 0.419. The Kier molecular flexibility index (Phi) is 2.21. The highest BCUT2D eigenvalue weighted by atomic mass is 16.5. The zero-order valence-electron chi connectivity index (χ0n) is 9.03. The van der Waals surface area contributed by atoms with Crippen LogP contribution in [0.3, 0.4) is 0 Å². The van der Waals surface area contributed by atoms with Crippen LogP contribution in [0.4, 0.5) is 0 Å². The Bertz CT molecular complexity index is 485. The number of hydrogen-bond donors (Lipinski definition) is 2. The zero-order chi connectivity index (χ0) is 11.0. The largest absolute Gasteiger partial charge is 0.334 e. The van der Waals surface area contributed by atoms with Crippen molar-refractivity contribution in [2.75, 3.05) is 0 Å². The van der Waals surface area contributed by atoms with Gasteiger partial charge < -0.3 is 9.84 Å². The van der Waals surface area contributed by atoms with Gasteiger partial charge in [0.15, 0.2) is 5.82 Å². The summed E-state index contributed by atoms with van der Waals surface area (Å²) in [6, 6.07) is 0.651. The van der Waals surface area contributed by atoms with Gasteiger partial charge in [-0.1, -0.05) is 5.16 Å². The summed E-state index contributed by atoms with van der Waals surface area (Å²) in [5.41, 5.74) is 1.80. The topological polar surface area (TPSA) is 79.6 Å². The third-order valence-electron chi connectivity index (χ3n) is 2.65. The van der Waals surface area contributed by atoms with Gasteiger partial charge in [-0.25, -0.2) is 0 Å². The van der Waals surface area contributed by atoms with Gasteiger partial charge in [0.25, 0.3) is 5.89 Å². The maximum Gasteiger partial charge on any atom is 0.261 e. The standard InChI is InChI=1S/C10H13N5O/c1-6-8(4-12-14-6)10-13-9(15-16-10)5-11-7-2-3-7/h4,7,11H,2-3,5H2,1H3,(H,12,14). The summed E-state index contributed by atoms with van der Waals surface area (Å²) >= 11 is 0. The summed E-state index contributed by atoms with van der Waals surface area (Å²) in [7, 11) is 0. The summed E-state index contributed by atoms with van der Waals surface area (Å²) in [5, 5.41) is 14.0. The van der Waals surface area contributed by atoms with E-state index in [1.165, 1.54) is 12.8 Å². The minimum atomic E-state index is 0.527. The molecule has 2 aromatic rings. The Morgan fingerprint density at radius 2 is 2.44 bits per heavy atom. The van der Waals surface area contributed by atoms with E-state index in [-0.39, 0.29) is 0 Å². The molecule has 84 valence electrons. The molecule has 0 unspecified atom stereocenters. The van der Waals surface area contributed by atoms with Crippen molar-refractivity contribution in [2.45, 2.75) is 32.4 Å². The normalized spacial score (nSPS) is 15.6. The summed E-state index contributed by atoms with van der Waals surface area (Å²) in [6.45, 7) is 2.60. The van der Waals surface area contributed by atoms with Crippen LogP contribution >= 0.6 is 0 Å². The van der Waals surface area contributed by atoms with Gasteiger partial charge in [0.05, 0.1) is 18.3 Å². The fourth-order valence-electron chi connectivity index (χ4n) is 1.52. The number of aromatic amines is 1. The van der Waals surface area contributed by atoms with Crippen molar-refractivity contribution in [2.24, 2.45) is 0 Å². The highest BCUT2D eigenvalue weighted by molar-refractivity contribution is 5.54. The molecular formula is C10H13N5O. The smallest absolute Gasteiger partial charge is 0.261 e. The molecule has 0 bridgehead atoms. The molecule has 3 rings (SSSR count). The van der Waals surface area contributed by atoms with Gasteiger partial charge in [-0.2, -0.15) is 10.1 Å². The summed E-state index contributed by atoms with van der Waals surface area (Å²) in [5.74, 6) is 1.22. The van der Waals surface area contributed by atoms with E-state index in [1.54, 1.807) is 6.20 Å². The van der Waals surface area contributed by atoms with Crippen LogP contribution in [0.5, 0.6) is 0 Å². The van der Waals surface area contributed by atoms with Gasteiger partial charge in [-0.15, -0.1) is 0 Å². The molecular weight excluding hydrogens is 206 g/mol. The van der Waals surface area contributed by atoms with Crippen LogP contribution in [0.1, 0.15) is 24.4 Å². The van der Waals surface area contributed by atoms with E-state index >= 15 is 0 Å². The molecule has 0 spiro atoms. The number of aryl methyl sites for hydroxylation is 1. The second kappa shape index (κ2) is 3.71. The second-order valence-corrected chi connectivity index (χ2v) is 4.08.